The Labute approximate surface area is 110 Å². The summed E-state index contributed by atoms with van der Waals surface area (Å²) >= 11 is 1.75. The van der Waals surface area contributed by atoms with E-state index in [1.807, 2.05) is 6.07 Å². The molecular weight excluding hydrogens is 242 g/mol. The summed E-state index contributed by atoms with van der Waals surface area (Å²) in [6.07, 6.45) is 2.06. The first kappa shape index (κ1) is 11.2. The first-order valence-electron chi connectivity index (χ1n) is 5.84. The Hall–Kier alpha value is -1.87. The molecule has 2 nitrogen and oxygen atoms in total. The molecule has 0 fully saturated rings. The predicted molar refractivity (Wildman–Crippen MR) is 74.2 cm³/mol. The number of hydrogen-bond acceptors (Lipinski definition) is 2. The van der Waals surface area contributed by atoms with Crippen LogP contribution in [0.25, 0.3) is 15.3 Å². The van der Waals surface area contributed by atoms with Crippen molar-refractivity contribution in [2.75, 3.05) is 7.11 Å². The van der Waals surface area contributed by atoms with Gasteiger partial charge in [0.05, 0.1) is 7.11 Å². The molecule has 90 valence electrons. The number of ether oxygens (including phenoxy) is 1. The number of hydrogen-bond donors (Lipinski definition) is 0. The van der Waals surface area contributed by atoms with Gasteiger partial charge in [-0.05, 0) is 12.5 Å². The summed E-state index contributed by atoms with van der Waals surface area (Å²) in [6.45, 7) is 2.11. The van der Waals surface area contributed by atoms with E-state index in [-0.39, 0.29) is 0 Å². The molecule has 3 rings (SSSR count). The smallest absolute Gasteiger partial charge is 0.392 e. The van der Waals surface area contributed by atoms with E-state index in [0.29, 0.717) is 0 Å². The number of aromatic nitrogens is 1. The molecule has 0 bridgehead atoms. The Balaban J connectivity index is 2.29. The number of benzene rings is 1. The maximum atomic E-state index is 5.57. The molecular formula is C15H14NOS+. The largest absolute Gasteiger partial charge is 0.446 e. The highest BCUT2D eigenvalue weighted by Crippen LogP contribution is 2.34. The zero-order chi connectivity index (χ0) is 12.5. The number of fused-ring (bicyclic) bond motifs is 1. The van der Waals surface area contributed by atoms with Crippen LogP contribution in [-0.2, 0) is 0 Å². The number of thiazole rings is 1. The van der Waals surface area contributed by atoms with Crippen LogP contribution in [0.15, 0.2) is 48.7 Å². The predicted octanol–water partition coefficient (Wildman–Crippen LogP) is 3.47. The molecule has 0 aliphatic rings. The Morgan fingerprint density at radius 3 is 2.61 bits per heavy atom. The minimum absolute atomic E-state index is 0.904. The van der Waals surface area contributed by atoms with E-state index < -0.39 is 0 Å². The van der Waals surface area contributed by atoms with E-state index in [4.69, 9.17) is 4.74 Å². The highest BCUT2D eigenvalue weighted by molar-refractivity contribution is 7.20. The molecule has 0 N–H and O–H groups in total. The third-order valence-corrected chi connectivity index (χ3v) is 4.06. The zero-order valence-electron chi connectivity index (χ0n) is 10.4. The third-order valence-electron chi connectivity index (χ3n) is 2.92. The van der Waals surface area contributed by atoms with E-state index in [9.17, 15) is 0 Å². The maximum Gasteiger partial charge on any atom is 0.392 e. The number of rotatable bonds is 2. The van der Waals surface area contributed by atoms with Crippen LogP contribution in [0.4, 0.5) is 0 Å². The molecule has 2 aromatic heterocycles. The molecule has 0 saturated carbocycles. The van der Waals surface area contributed by atoms with E-state index in [2.05, 4.69) is 53.9 Å². The van der Waals surface area contributed by atoms with E-state index >= 15 is 0 Å². The highest BCUT2D eigenvalue weighted by atomic mass is 32.1. The summed E-state index contributed by atoms with van der Waals surface area (Å²) in [5, 5.41) is 0. The Kier molecular flexibility index (Phi) is 2.76. The second-order valence-electron chi connectivity index (χ2n) is 4.22. The van der Waals surface area contributed by atoms with Crippen LogP contribution in [0.2, 0.25) is 0 Å². The molecule has 0 atom stereocenters. The van der Waals surface area contributed by atoms with Crippen molar-refractivity contribution in [2.45, 2.75) is 6.92 Å². The summed E-state index contributed by atoms with van der Waals surface area (Å²) < 4.78 is 7.66. The van der Waals surface area contributed by atoms with E-state index in [1.54, 1.807) is 18.4 Å². The number of aryl methyl sites for hydroxylation is 1. The van der Waals surface area contributed by atoms with Gasteiger partial charge in [-0.15, -0.1) is 4.40 Å². The molecule has 0 unspecified atom stereocenters. The van der Waals surface area contributed by atoms with Gasteiger partial charge >= 0.3 is 5.88 Å². The molecule has 0 saturated heterocycles. The minimum Gasteiger partial charge on any atom is -0.446 e. The molecule has 3 heteroatoms. The standard InChI is InChI=1S/C15H14NOS/c1-11-8-9-16-13(10-11)18-14(15(16)17-2)12-6-4-3-5-7-12/h3-10H,1-2H3/q+1. The van der Waals surface area contributed by atoms with Crippen LogP contribution in [-0.4, -0.2) is 7.11 Å². The van der Waals surface area contributed by atoms with Crippen LogP contribution in [0.1, 0.15) is 5.56 Å². The molecule has 18 heavy (non-hydrogen) atoms. The monoisotopic (exact) mass is 256 g/mol. The lowest BCUT2D eigenvalue weighted by Gasteiger charge is -1.96. The molecule has 2 heterocycles. The molecule has 0 aliphatic heterocycles. The van der Waals surface area contributed by atoms with Crippen molar-refractivity contribution in [3.05, 3.63) is 54.2 Å². The number of nitrogens with zero attached hydrogens (tertiary/aromatic N) is 1. The Morgan fingerprint density at radius 1 is 1.11 bits per heavy atom. The summed E-state index contributed by atoms with van der Waals surface area (Å²) in [5.74, 6) is 0.904. The van der Waals surface area contributed by atoms with Crippen molar-refractivity contribution in [1.82, 2.24) is 0 Å². The van der Waals surface area contributed by atoms with Crippen molar-refractivity contribution >= 4 is 16.2 Å². The quantitative estimate of drug-likeness (QED) is 0.640. The SMILES string of the molecule is COc1c(-c2ccccc2)sc2cc(C)cc[n+]12. The van der Waals surface area contributed by atoms with Gasteiger partial charge in [0.1, 0.15) is 0 Å². The van der Waals surface area contributed by atoms with Gasteiger partial charge < -0.3 is 4.74 Å². The first-order chi connectivity index (χ1) is 8.79. The van der Waals surface area contributed by atoms with Crippen molar-refractivity contribution in [3.8, 4) is 16.3 Å². The third kappa shape index (κ3) is 1.77. The Morgan fingerprint density at radius 2 is 1.89 bits per heavy atom. The van der Waals surface area contributed by atoms with Crippen molar-refractivity contribution in [1.29, 1.82) is 0 Å². The molecule has 0 radical (unpaired) electrons. The normalized spacial score (nSPS) is 10.8. The van der Waals surface area contributed by atoms with Crippen LogP contribution < -0.4 is 9.14 Å². The average molecular weight is 256 g/mol. The minimum atomic E-state index is 0.904. The number of methoxy groups -OCH3 is 1. The topological polar surface area (TPSA) is 13.3 Å². The lowest BCUT2D eigenvalue weighted by Crippen LogP contribution is -2.20. The van der Waals surface area contributed by atoms with Gasteiger partial charge in [-0.2, -0.15) is 0 Å². The molecule has 0 aliphatic carbocycles. The van der Waals surface area contributed by atoms with E-state index in [1.165, 1.54) is 20.8 Å². The molecule has 1 aromatic carbocycles. The highest BCUT2D eigenvalue weighted by Gasteiger charge is 2.22. The fourth-order valence-electron chi connectivity index (χ4n) is 2.05. The van der Waals surface area contributed by atoms with Gasteiger partial charge in [0.25, 0.3) is 4.83 Å². The van der Waals surface area contributed by atoms with Gasteiger partial charge in [-0.1, -0.05) is 41.7 Å². The summed E-state index contributed by atoms with van der Waals surface area (Å²) in [5.41, 5.74) is 2.46. The second kappa shape index (κ2) is 4.42. The van der Waals surface area contributed by atoms with Gasteiger partial charge in [0, 0.05) is 17.7 Å². The van der Waals surface area contributed by atoms with Crippen LogP contribution in [0.3, 0.4) is 0 Å². The average Bonchev–Trinajstić information content (AvgIpc) is 2.77. The fraction of sp³-hybridized carbons (Fsp3) is 0.133. The summed E-state index contributed by atoms with van der Waals surface area (Å²) in [6, 6.07) is 14.6. The Bertz CT molecular complexity index is 688. The second-order valence-corrected chi connectivity index (χ2v) is 5.25. The van der Waals surface area contributed by atoms with Gasteiger partial charge in [-0.25, -0.2) is 0 Å². The van der Waals surface area contributed by atoms with Crippen LogP contribution >= 0.6 is 11.3 Å². The van der Waals surface area contributed by atoms with Gasteiger partial charge in [-0.3, -0.25) is 0 Å². The molecule has 0 spiro atoms. The number of pyridine rings is 1. The summed E-state index contributed by atoms with van der Waals surface area (Å²) in [7, 11) is 1.72. The lowest BCUT2D eigenvalue weighted by molar-refractivity contribution is -0.516. The van der Waals surface area contributed by atoms with Crippen LogP contribution in [0, 0.1) is 6.92 Å². The molecule has 3 aromatic rings. The summed E-state index contributed by atoms with van der Waals surface area (Å²) in [4.78, 5) is 2.37. The van der Waals surface area contributed by atoms with Crippen molar-refractivity contribution in [2.24, 2.45) is 0 Å². The van der Waals surface area contributed by atoms with Crippen molar-refractivity contribution < 1.29 is 9.14 Å². The van der Waals surface area contributed by atoms with Crippen LogP contribution in [0.5, 0.6) is 5.88 Å². The van der Waals surface area contributed by atoms with Gasteiger partial charge in [0.15, 0.2) is 11.1 Å². The molecule has 0 amide bonds. The zero-order valence-corrected chi connectivity index (χ0v) is 11.2. The van der Waals surface area contributed by atoms with Crippen molar-refractivity contribution in [3.63, 3.8) is 0 Å². The van der Waals surface area contributed by atoms with Gasteiger partial charge in [0.2, 0.25) is 0 Å². The first-order valence-corrected chi connectivity index (χ1v) is 6.65. The fourth-order valence-corrected chi connectivity index (χ4v) is 3.26. The maximum absolute atomic E-state index is 5.57. The van der Waals surface area contributed by atoms with E-state index in [0.717, 1.165) is 5.88 Å². The lowest BCUT2D eigenvalue weighted by atomic mass is 10.2.